The second-order valence-corrected chi connectivity index (χ2v) is 4.49. The number of anilines is 1. The molecule has 114 valence electrons. The summed E-state index contributed by atoms with van der Waals surface area (Å²) < 4.78 is 44.8. The first-order valence-electron chi connectivity index (χ1n) is 6.02. The summed E-state index contributed by atoms with van der Waals surface area (Å²) in [5.74, 6) is -0.111. The predicted molar refractivity (Wildman–Crippen MR) is 75.0 cm³/mol. The van der Waals surface area contributed by atoms with Crippen LogP contribution in [0.15, 0.2) is 24.8 Å². The average Bonchev–Trinajstić information content (AvgIpc) is 2.39. The minimum Gasteiger partial charge on any atom is -0.496 e. The van der Waals surface area contributed by atoms with Crippen LogP contribution in [0.2, 0.25) is 0 Å². The monoisotopic (exact) mass is 299 g/mol. The SMILES string of the molecule is C#CNc1cc(OC)c(C(O)(CC=C)C(F)(F)F)cc1C. The molecule has 3 nitrogen and oxygen atoms in total. The normalized spacial score (nSPS) is 14.0. The third-order valence-electron chi connectivity index (χ3n) is 3.11. The molecule has 0 fully saturated rings. The van der Waals surface area contributed by atoms with E-state index in [0.717, 1.165) is 6.08 Å². The van der Waals surface area contributed by atoms with E-state index in [4.69, 9.17) is 11.2 Å². The maximum absolute atomic E-state index is 13.3. The first-order valence-corrected chi connectivity index (χ1v) is 6.02. The van der Waals surface area contributed by atoms with Gasteiger partial charge < -0.3 is 15.2 Å². The van der Waals surface area contributed by atoms with Gasteiger partial charge in [-0.05, 0) is 18.6 Å². The van der Waals surface area contributed by atoms with Gasteiger partial charge in [0.15, 0.2) is 5.60 Å². The van der Waals surface area contributed by atoms with Crippen LogP contribution in [0.3, 0.4) is 0 Å². The Hall–Kier alpha value is -2.13. The molecule has 0 aliphatic rings. The molecule has 6 heteroatoms. The first kappa shape index (κ1) is 16.9. The van der Waals surface area contributed by atoms with Crippen molar-refractivity contribution in [3.63, 3.8) is 0 Å². The van der Waals surface area contributed by atoms with Crippen LogP contribution in [0.25, 0.3) is 0 Å². The van der Waals surface area contributed by atoms with Crippen molar-refractivity contribution in [2.45, 2.75) is 25.1 Å². The van der Waals surface area contributed by atoms with Gasteiger partial charge in [-0.3, -0.25) is 0 Å². The van der Waals surface area contributed by atoms with Gasteiger partial charge in [-0.1, -0.05) is 12.5 Å². The van der Waals surface area contributed by atoms with Crippen LogP contribution in [0.5, 0.6) is 5.75 Å². The number of aryl methyl sites for hydroxylation is 1. The molecular weight excluding hydrogens is 283 g/mol. The maximum atomic E-state index is 13.3. The van der Waals surface area contributed by atoms with E-state index in [-0.39, 0.29) is 11.3 Å². The van der Waals surface area contributed by atoms with Crippen LogP contribution < -0.4 is 10.1 Å². The van der Waals surface area contributed by atoms with Crippen molar-refractivity contribution < 1.29 is 23.0 Å². The van der Waals surface area contributed by atoms with Gasteiger partial charge in [0.1, 0.15) is 5.75 Å². The van der Waals surface area contributed by atoms with Gasteiger partial charge >= 0.3 is 6.18 Å². The van der Waals surface area contributed by atoms with E-state index in [2.05, 4.69) is 17.9 Å². The Balaban J connectivity index is 3.56. The molecule has 1 aromatic carbocycles. The molecule has 0 saturated carbocycles. The van der Waals surface area contributed by atoms with Gasteiger partial charge in [0, 0.05) is 24.1 Å². The fourth-order valence-corrected chi connectivity index (χ4v) is 1.98. The second kappa shape index (κ2) is 6.10. The summed E-state index contributed by atoms with van der Waals surface area (Å²) in [5.41, 5.74) is -2.56. The lowest BCUT2D eigenvalue weighted by Crippen LogP contribution is -2.42. The molecule has 0 aliphatic heterocycles. The number of hydrogen-bond donors (Lipinski definition) is 2. The minimum atomic E-state index is -4.87. The number of halogens is 3. The minimum absolute atomic E-state index is 0.111. The van der Waals surface area contributed by atoms with Crippen molar-refractivity contribution in [3.8, 4) is 18.2 Å². The molecule has 0 amide bonds. The molecule has 0 radical (unpaired) electrons. The summed E-state index contributed by atoms with van der Waals surface area (Å²) in [4.78, 5) is 0. The van der Waals surface area contributed by atoms with E-state index in [9.17, 15) is 18.3 Å². The maximum Gasteiger partial charge on any atom is 0.421 e. The highest BCUT2D eigenvalue weighted by atomic mass is 19.4. The highest BCUT2D eigenvalue weighted by molar-refractivity contribution is 5.61. The number of nitrogens with one attached hydrogen (secondary N) is 1. The number of ether oxygens (including phenoxy) is 1. The lowest BCUT2D eigenvalue weighted by Gasteiger charge is -2.31. The Morgan fingerprint density at radius 1 is 1.48 bits per heavy atom. The van der Waals surface area contributed by atoms with Gasteiger partial charge in [0.2, 0.25) is 0 Å². The van der Waals surface area contributed by atoms with E-state index in [0.29, 0.717) is 11.3 Å². The number of methoxy groups -OCH3 is 1. The first-order chi connectivity index (χ1) is 9.71. The van der Waals surface area contributed by atoms with Crippen LogP contribution in [0, 0.1) is 19.4 Å². The highest BCUT2D eigenvalue weighted by Crippen LogP contribution is 2.46. The largest absolute Gasteiger partial charge is 0.496 e. The van der Waals surface area contributed by atoms with Crippen molar-refractivity contribution in [2.75, 3.05) is 12.4 Å². The number of aliphatic hydroxyl groups is 1. The average molecular weight is 299 g/mol. The van der Waals surface area contributed by atoms with Crippen LogP contribution in [0.1, 0.15) is 17.5 Å². The molecule has 1 rings (SSSR count). The van der Waals surface area contributed by atoms with E-state index in [1.807, 2.05) is 0 Å². The van der Waals surface area contributed by atoms with E-state index in [1.54, 1.807) is 6.92 Å². The van der Waals surface area contributed by atoms with Crippen molar-refractivity contribution in [1.82, 2.24) is 0 Å². The third-order valence-corrected chi connectivity index (χ3v) is 3.11. The Morgan fingerprint density at radius 2 is 2.10 bits per heavy atom. The summed E-state index contributed by atoms with van der Waals surface area (Å²) in [5, 5.41) is 12.7. The molecule has 0 heterocycles. The number of hydrogen-bond acceptors (Lipinski definition) is 3. The zero-order valence-electron chi connectivity index (χ0n) is 11.7. The molecule has 0 saturated heterocycles. The molecule has 1 unspecified atom stereocenters. The lowest BCUT2D eigenvalue weighted by molar-refractivity contribution is -0.265. The summed E-state index contributed by atoms with van der Waals surface area (Å²) in [6, 6.07) is 4.71. The van der Waals surface area contributed by atoms with Crippen molar-refractivity contribution in [2.24, 2.45) is 0 Å². The standard InChI is InChI=1S/C15H16F3NO2/c1-5-7-14(20,15(16,17)18)11-8-10(3)12(19-6-2)9-13(11)21-4/h2,5,8-9,19-20H,1,7H2,3-4H3. The molecule has 1 atom stereocenters. The van der Waals surface area contributed by atoms with Crippen LogP contribution in [-0.2, 0) is 5.60 Å². The molecule has 0 bridgehead atoms. The van der Waals surface area contributed by atoms with Crippen molar-refractivity contribution in [3.05, 3.63) is 35.9 Å². The zero-order valence-corrected chi connectivity index (χ0v) is 11.7. The van der Waals surface area contributed by atoms with E-state index >= 15 is 0 Å². The quantitative estimate of drug-likeness (QED) is 0.498. The molecule has 0 aromatic heterocycles. The second-order valence-electron chi connectivity index (χ2n) is 4.49. The Kier molecular flexibility index (Phi) is 4.92. The molecular formula is C15H16F3NO2. The summed E-state index contributed by atoms with van der Waals surface area (Å²) >= 11 is 0. The fourth-order valence-electron chi connectivity index (χ4n) is 1.98. The summed E-state index contributed by atoms with van der Waals surface area (Å²) in [7, 11) is 1.22. The smallest absolute Gasteiger partial charge is 0.421 e. The van der Waals surface area contributed by atoms with Crippen LogP contribution in [-0.4, -0.2) is 18.4 Å². The van der Waals surface area contributed by atoms with Gasteiger partial charge in [0.25, 0.3) is 0 Å². The summed E-state index contributed by atoms with van der Waals surface area (Å²) in [6.07, 6.45) is 0.568. The number of rotatable bonds is 5. The number of alkyl halides is 3. The predicted octanol–water partition coefficient (Wildman–Crippen LogP) is 3.33. The molecule has 1 aromatic rings. The molecule has 2 N–H and O–H groups in total. The molecule has 0 aliphatic carbocycles. The molecule has 0 spiro atoms. The lowest BCUT2D eigenvalue weighted by atomic mass is 9.87. The van der Waals surface area contributed by atoms with Crippen molar-refractivity contribution >= 4 is 5.69 Å². The number of benzene rings is 1. The van der Waals surface area contributed by atoms with Crippen LogP contribution in [0.4, 0.5) is 18.9 Å². The Labute approximate surface area is 121 Å². The van der Waals surface area contributed by atoms with Crippen LogP contribution >= 0.6 is 0 Å². The van der Waals surface area contributed by atoms with E-state index < -0.39 is 18.2 Å². The van der Waals surface area contributed by atoms with Gasteiger partial charge in [-0.15, -0.1) is 6.58 Å². The highest BCUT2D eigenvalue weighted by Gasteiger charge is 2.55. The van der Waals surface area contributed by atoms with Crippen molar-refractivity contribution in [1.29, 1.82) is 0 Å². The Bertz CT molecular complexity index is 576. The van der Waals surface area contributed by atoms with Gasteiger partial charge in [-0.25, -0.2) is 0 Å². The Morgan fingerprint density at radius 3 is 2.52 bits per heavy atom. The zero-order chi connectivity index (χ0) is 16.3. The van der Waals surface area contributed by atoms with E-state index in [1.165, 1.54) is 19.2 Å². The molecule has 21 heavy (non-hydrogen) atoms. The van der Waals surface area contributed by atoms with Gasteiger partial charge in [0.05, 0.1) is 12.8 Å². The topological polar surface area (TPSA) is 41.5 Å². The third kappa shape index (κ3) is 3.14. The number of terminal acetylenes is 1. The fraction of sp³-hybridized carbons (Fsp3) is 0.333. The summed E-state index contributed by atoms with van der Waals surface area (Å²) in [6.45, 7) is 4.85. The van der Waals surface area contributed by atoms with Gasteiger partial charge in [-0.2, -0.15) is 13.2 Å².